The van der Waals surface area contributed by atoms with E-state index in [9.17, 15) is 4.79 Å². The summed E-state index contributed by atoms with van der Waals surface area (Å²) in [6, 6.07) is 0. The number of rotatable bonds is 5. The highest BCUT2D eigenvalue weighted by molar-refractivity contribution is 7.09. The Morgan fingerprint density at radius 1 is 1.50 bits per heavy atom. The number of carbonyl (C=O) groups is 1. The molecule has 2 rings (SSSR count). The van der Waals surface area contributed by atoms with Crippen molar-refractivity contribution < 1.29 is 14.3 Å². The van der Waals surface area contributed by atoms with Crippen molar-refractivity contribution in [1.29, 1.82) is 0 Å². The van der Waals surface area contributed by atoms with Crippen molar-refractivity contribution in [3.63, 3.8) is 0 Å². The van der Waals surface area contributed by atoms with Gasteiger partial charge in [0.2, 0.25) is 0 Å². The zero-order valence-electron chi connectivity index (χ0n) is 13.7. The van der Waals surface area contributed by atoms with Gasteiger partial charge in [-0.15, -0.1) is 11.3 Å². The molecule has 1 amide bonds. The van der Waals surface area contributed by atoms with Crippen LogP contribution in [-0.4, -0.2) is 41.3 Å². The summed E-state index contributed by atoms with van der Waals surface area (Å²) in [5, 5.41) is 0. The van der Waals surface area contributed by atoms with Gasteiger partial charge < -0.3 is 14.4 Å². The number of carbonyl (C=O) groups excluding carboxylic acids is 1. The lowest BCUT2D eigenvalue weighted by Crippen LogP contribution is -2.43. The first-order valence-corrected chi connectivity index (χ1v) is 8.75. The van der Waals surface area contributed by atoms with Crippen LogP contribution in [0, 0.1) is 5.92 Å². The van der Waals surface area contributed by atoms with Gasteiger partial charge in [0.25, 0.3) is 0 Å². The van der Waals surface area contributed by atoms with Gasteiger partial charge >= 0.3 is 6.09 Å². The van der Waals surface area contributed by atoms with Crippen LogP contribution in [0.2, 0.25) is 0 Å². The minimum absolute atomic E-state index is 0.192. The Labute approximate surface area is 136 Å². The molecule has 0 aromatic carbocycles. The molecule has 1 atom stereocenters. The van der Waals surface area contributed by atoms with Crippen molar-refractivity contribution in [1.82, 2.24) is 9.88 Å². The molecule has 0 aliphatic carbocycles. The normalized spacial score (nSPS) is 19.2. The SMILES string of the molecule is CC(C)(C)OC(=O)N1CCC[C@H](CCOCc2cncs2)C1. The summed E-state index contributed by atoms with van der Waals surface area (Å²) in [5.41, 5.74) is 1.39. The highest BCUT2D eigenvalue weighted by Gasteiger charge is 2.27. The standard InChI is InChI=1S/C16H26N2O3S/c1-16(2,3)21-15(19)18-7-4-5-13(10-18)6-8-20-11-14-9-17-12-22-14/h9,12-13H,4-8,10-11H2,1-3H3/t13-/m1/s1. The lowest BCUT2D eigenvalue weighted by molar-refractivity contribution is 0.0136. The smallest absolute Gasteiger partial charge is 0.410 e. The quantitative estimate of drug-likeness (QED) is 0.774. The minimum atomic E-state index is -0.429. The summed E-state index contributed by atoms with van der Waals surface area (Å²) in [7, 11) is 0. The molecule has 0 spiro atoms. The first-order chi connectivity index (χ1) is 10.4. The second-order valence-electron chi connectivity index (χ2n) is 6.74. The molecular weight excluding hydrogens is 300 g/mol. The molecule has 5 nitrogen and oxygen atoms in total. The summed E-state index contributed by atoms with van der Waals surface area (Å²) < 4.78 is 11.1. The van der Waals surface area contributed by atoms with Crippen molar-refractivity contribution in [3.05, 3.63) is 16.6 Å². The molecule has 6 heteroatoms. The molecule has 0 radical (unpaired) electrons. The molecule has 1 saturated heterocycles. The maximum atomic E-state index is 12.1. The van der Waals surface area contributed by atoms with E-state index >= 15 is 0 Å². The third-order valence-electron chi connectivity index (χ3n) is 3.57. The Morgan fingerprint density at radius 3 is 3.00 bits per heavy atom. The molecule has 0 bridgehead atoms. The maximum Gasteiger partial charge on any atom is 0.410 e. The Bertz CT molecular complexity index is 456. The number of thiazole rings is 1. The highest BCUT2D eigenvalue weighted by atomic mass is 32.1. The second kappa shape index (κ2) is 7.92. The van der Waals surface area contributed by atoms with E-state index in [-0.39, 0.29) is 6.09 Å². The Kier molecular flexibility index (Phi) is 6.20. The fourth-order valence-corrected chi connectivity index (χ4v) is 3.06. The van der Waals surface area contributed by atoms with Crippen LogP contribution in [0.3, 0.4) is 0 Å². The Balaban J connectivity index is 1.68. The Morgan fingerprint density at radius 2 is 2.32 bits per heavy atom. The predicted molar refractivity (Wildman–Crippen MR) is 86.9 cm³/mol. The van der Waals surface area contributed by atoms with Crippen LogP contribution in [0.15, 0.2) is 11.7 Å². The molecule has 2 heterocycles. The molecule has 1 aromatic rings. The lowest BCUT2D eigenvalue weighted by atomic mass is 9.95. The van der Waals surface area contributed by atoms with Crippen LogP contribution in [0.1, 0.15) is 44.9 Å². The second-order valence-corrected chi connectivity index (χ2v) is 7.71. The van der Waals surface area contributed by atoms with Crippen LogP contribution in [-0.2, 0) is 16.1 Å². The number of hydrogen-bond donors (Lipinski definition) is 0. The van der Waals surface area contributed by atoms with Gasteiger partial charge in [-0.1, -0.05) is 0 Å². The first-order valence-electron chi connectivity index (χ1n) is 7.87. The largest absolute Gasteiger partial charge is 0.444 e. The van der Waals surface area contributed by atoms with E-state index in [0.29, 0.717) is 12.5 Å². The van der Waals surface area contributed by atoms with Crippen LogP contribution >= 0.6 is 11.3 Å². The fourth-order valence-electron chi connectivity index (χ4n) is 2.53. The number of aromatic nitrogens is 1. The number of hydrogen-bond acceptors (Lipinski definition) is 5. The monoisotopic (exact) mass is 326 g/mol. The number of likely N-dealkylation sites (tertiary alicyclic amines) is 1. The fraction of sp³-hybridized carbons (Fsp3) is 0.750. The average molecular weight is 326 g/mol. The van der Waals surface area contributed by atoms with Crippen molar-refractivity contribution in [2.45, 2.75) is 52.2 Å². The summed E-state index contributed by atoms with van der Waals surface area (Å²) >= 11 is 1.61. The summed E-state index contributed by atoms with van der Waals surface area (Å²) in [4.78, 5) is 19.1. The van der Waals surface area contributed by atoms with Crippen LogP contribution < -0.4 is 0 Å². The van der Waals surface area contributed by atoms with Crippen LogP contribution in [0.5, 0.6) is 0 Å². The van der Waals surface area contributed by atoms with Gasteiger partial charge in [-0.25, -0.2) is 4.79 Å². The molecule has 1 fully saturated rings. The zero-order valence-corrected chi connectivity index (χ0v) is 14.5. The third-order valence-corrected chi connectivity index (χ3v) is 4.32. The van der Waals surface area contributed by atoms with Crippen molar-refractivity contribution >= 4 is 17.4 Å². The lowest BCUT2D eigenvalue weighted by Gasteiger charge is -2.34. The zero-order chi connectivity index (χ0) is 16.0. The van der Waals surface area contributed by atoms with E-state index in [2.05, 4.69) is 4.98 Å². The van der Waals surface area contributed by atoms with Crippen LogP contribution in [0.4, 0.5) is 4.79 Å². The van der Waals surface area contributed by atoms with Crippen LogP contribution in [0.25, 0.3) is 0 Å². The molecule has 1 aliphatic heterocycles. The maximum absolute atomic E-state index is 12.1. The third kappa shape index (κ3) is 5.93. The van der Waals surface area contributed by atoms with Crippen molar-refractivity contribution in [2.75, 3.05) is 19.7 Å². The van der Waals surface area contributed by atoms with E-state index in [4.69, 9.17) is 9.47 Å². The molecule has 1 aliphatic rings. The summed E-state index contributed by atoms with van der Waals surface area (Å²) in [5.74, 6) is 0.503. The van der Waals surface area contributed by atoms with Gasteiger partial charge in [-0.05, 0) is 46.0 Å². The number of piperidine rings is 1. The van der Waals surface area contributed by atoms with Crippen molar-refractivity contribution in [3.8, 4) is 0 Å². The topological polar surface area (TPSA) is 51.7 Å². The number of amides is 1. The Hall–Kier alpha value is -1.14. The summed E-state index contributed by atoms with van der Waals surface area (Å²) in [6.45, 7) is 8.64. The number of nitrogens with zero attached hydrogens (tertiary/aromatic N) is 2. The molecule has 0 N–H and O–H groups in total. The molecule has 0 saturated carbocycles. The van der Waals surface area contributed by atoms with Gasteiger partial charge in [0, 0.05) is 25.9 Å². The van der Waals surface area contributed by atoms with E-state index in [1.165, 1.54) is 0 Å². The molecule has 1 aromatic heterocycles. The van der Waals surface area contributed by atoms with Gasteiger partial charge in [0.1, 0.15) is 5.60 Å². The highest BCUT2D eigenvalue weighted by Crippen LogP contribution is 2.22. The predicted octanol–water partition coefficient (Wildman–Crippen LogP) is 3.70. The van der Waals surface area contributed by atoms with Gasteiger partial charge in [-0.3, -0.25) is 4.98 Å². The average Bonchev–Trinajstić information content (AvgIpc) is 2.95. The first kappa shape index (κ1) is 17.2. The molecule has 22 heavy (non-hydrogen) atoms. The number of ether oxygens (including phenoxy) is 2. The van der Waals surface area contributed by atoms with E-state index in [0.717, 1.165) is 43.8 Å². The molecular formula is C16H26N2O3S. The van der Waals surface area contributed by atoms with E-state index < -0.39 is 5.60 Å². The van der Waals surface area contributed by atoms with Gasteiger partial charge in [-0.2, -0.15) is 0 Å². The van der Waals surface area contributed by atoms with E-state index in [1.54, 1.807) is 11.3 Å². The van der Waals surface area contributed by atoms with Gasteiger partial charge in [0.15, 0.2) is 0 Å². The van der Waals surface area contributed by atoms with E-state index in [1.807, 2.05) is 37.4 Å². The summed E-state index contributed by atoms with van der Waals surface area (Å²) in [6.07, 6.45) is 4.83. The van der Waals surface area contributed by atoms with Gasteiger partial charge in [0.05, 0.1) is 17.0 Å². The molecule has 0 unspecified atom stereocenters. The van der Waals surface area contributed by atoms with Crippen molar-refractivity contribution in [2.24, 2.45) is 5.92 Å². The molecule has 124 valence electrons. The minimum Gasteiger partial charge on any atom is -0.444 e.